The summed E-state index contributed by atoms with van der Waals surface area (Å²) in [5.41, 5.74) is 2.69. The third-order valence-electron chi connectivity index (χ3n) is 6.46. The number of phenols is 1. The number of methoxy groups -OCH3 is 1. The fraction of sp³-hybridized carbons (Fsp3) is 0.129. The van der Waals surface area contributed by atoms with Crippen molar-refractivity contribution < 1.29 is 14.6 Å². The molecule has 0 saturated heterocycles. The molecule has 4 aromatic carbocycles. The highest BCUT2D eigenvalue weighted by molar-refractivity contribution is 7.16. The molecule has 5 rings (SSSR count). The van der Waals surface area contributed by atoms with Gasteiger partial charge in [-0.05, 0) is 59.2 Å². The van der Waals surface area contributed by atoms with Crippen LogP contribution in [0.4, 0.5) is 5.00 Å². The van der Waals surface area contributed by atoms with Gasteiger partial charge in [0, 0.05) is 16.0 Å². The number of thiophene rings is 1. The van der Waals surface area contributed by atoms with Crippen LogP contribution in [-0.2, 0) is 6.42 Å². The summed E-state index contributed by atoms with van der Waals surface area (Å²) >= 11 is 7.94. The van der Waals surface area contributed by atoms with Gasteiger partial charge >= 0.3 is 0 Å². The van der Waals surface area contributed by atoms with Crippen LogP contribution in [0.1, 0.15) is 44.9 Å². The van der Waals surface area contributed by atoms with E-state index >= 15 is 0 Å². The van der Waals surface area contributed by atoms with E-state index in [4.69, 9.17) is 16.3 Å². The van der Waals surface area contributed by atoms with Crippen molar-refractivity contribution in [1.82, 2.24) is 0 Å². The van der Waals surface area contributed by atoms with Gasteiger partial charge in [-0.3, -0.25) is 4.79 Å². The van der Waals surface area contributed by atoms with Gasteiger partial charge < -0.3 is 15.2 Å². The number of rotatable bonds is 8. The zero-order chi connectivity index (χ0) is 25.9. The third-order valence-corrected chi connectivity index (χ3v) is 8.00. The number of phenolic OH excluding ortho intramolecular Hbond substituents is 1. The van der Waals surface area contributed by atoms with Crippen molar-refractivity contribution in [3.63, 3.8) is 0 Å². The second-order valence-electron chi connectivity index (χ2n) is 8.69. The number of ether oxygens (including phenoxy) is 1. The Morgan fingerprint density at radius 2 is 1.70 bits per heavy atom. The molecule has 1 aromatic heterocycles. The number of aryl methyl sites for hydroxylation is 1. The van der Waals surface area contributed by atoms with Gasteiger partial charge in [-0.2, -0.15) is 0 Å². The maximum atomic E-state index is 13.7. The normalized spacial score (nSPS) is 11.9. The van der Waals surface area contributed by atoms with Crippen molar-refractivity contribution >= 4 is 44.5 Å². The van der Waals surface area contributed by atoms with Crippen LogP contribution in [0.15, 0.2) is 91.0 Å². The van der Waals surface area contributed by atoms with Crippen LogP contribution in [-0.4, -0.2) is 18.0 Å². The molecule has 0 aliphatic rings. The van der Waals surface area contributed by atoms with E-state index in [0.29, 0.717) is 16.1 Å². The summed E-state index contributed by atoms with van der Waals surface area (Å²) in [6, 6.07) is 27.9. The van der Waals surface area contributed by atoms with Crippen molar-refractivity contribution in [2.45, 2.75) is 19.4 Å². The van der Waals surface area contributed by atoms with E-state index in [-0.39, 0.29) is 11.5 Å². The first-order valence-corrected chi connectivity index (χ1v) is 13.2. The zero-order valence-corrected chi connectivity index (χ0v) is 22.1. The summed E-state index contributed by atoms with van der Waals surface area (Å²) < 4.78 is 5.37. The van der Waals surface area contributed by atoms with Crippen molar-refractivity contribution in [2.24, 2.45) is 0 Å². The molecular formula is C31H26ClNO3S. The van der Waals surface area contributed by atoms with Gasteiger partial charge in [0.05, 0.1) is 23.7 Å². The van der Waals surface area contributed by atoms with E-state index in [9.17, 15) is 9.90 Å². The fourth-order valence-electron chi connectivity index (χ4n) is 4.52. The molecule has 0 amide bonds. The van der Waals surface area contributed by atoms with Gasteiger partial charge in [-0.1, -0.05) is 73.1 Å². The first kappa shape index (κ1) is 24.9. The van der Waals surface area contributed by atoms with Crippen molar-refractivity contribution in [1.29, 1.82) is 0 Å². The van der Waals surface area contributed by atoms with Crippen molar-refractivity contribution in [2.75, 3.05) is 12.4 Å². The average molecular weight is 528 g/mol. The Morgan fingerprint density at radius 3 is 2.43 bits per heavy atom. The molecule has 6 heteroatoms. The van der Waals surface area contributed by atoms with E-state index in [0.717, 1.165) is 43.9 Å². The lowest BCUT2D eigenvalue weighted by Crippen LogP contribution is -2.15. The Bertz CT molecular complexity index is 1580. The van der Waals surface area contributed by atoms with Gasteiger partial charge in [0.2, 0.25) is 0 Å². The van der Waals surface area contributed by atoms with Crippen LogP contribution in [0.25, 0.3) is 10.8 Å². The van der Waals surface area contributed by atoms with Crippen LogP contribution in [0.5, 0.6) is 11.5 Å². The molecule has 1 unspecified atom stereocenters. The molecule has 0 saturated carbocycles. The summed E-state index contributed by atoms with van der Waals surface area (Å²) in [6.45, 7) is 2.07. The zero-order valence-electron chi connectivity index (χ0n) is 20.5. The summed E-state index contributed by atoms with van der Waals surface area (Å²) in [6.07, 6.45) is 0.794. The molecule has 4 nitrogen and oxygen atoms in total. The van der Waals surface area contributed by atoms with Crippen LogP contribution >= 0.6 is 22.9 Å². The Balaban J connectivity index is 1.67. The first-order chi connectivity index (χ1) is 18.0. The van der Waals surface area contributed by atoms with E-state index in [1.807, 2.05) is 72.8 Å². The van der Waals surface area contributed by atoms with E-state index in [1.54, 1.807) is 36.6 Å². The number of carbonyl (C=O) groups is 1. The Labute approximate surface area is 225 Å². The SMILES string of the molecule is CCc1cc(C(=O)c2ccccc2Cl)c(NC(c2ccc(OC)cc2)c2c(O)ccc3ccccc23)s1. The van der Waals surface area contributed by atoms with E-state index in [2.05, 4.69) is 12.2 Å². The third kappa shape index (κ3) is 4.93. The van der Waals surface area contributed by atoms with E-state index < -0.39 is 6.04 Å². The minimum absolute atomic E-state index is 0.139. The molecule has 2 N–H and O–H groups in total. The number of hydrogen-bond acceptors (Lipinski definition) is 5. The number of aromatic hydroxyl groups is 1. The number of carbonyl (C=O) groups excluding carboxylic acids is 1. The number of hydrogen-bond donors (Lipinski definition) is 2. The molecule has 1 atom stereocenters. The monoisotopic (exact) mass is 527 g/mol. The van der Waals surface area contributed by atoms with Gasteiger partial charge in [-0.25, -0.2) is 0 Å². The molecule has 1 heterocycles. The van der Waals surface area contributed by atoms with Crippen molar-refractivity contribution in [3.8, 4) is 11.5 Å². The molecule has 0 fully saturated rings. The van der Waals surface area contributed by atoms with Gasteiger partial charge in [0.15, 0.2) is 5.78 Å². The maximum Gasteiger partial charge on any atom is 0.197 e. The molecule has 0 radical (unpaired) electrons. The van der Waals surface area contributed by atoms with Gasteiger partial charge in [0.25, 0.3) is 0 Å². The standard InChI is InChI=1S/C31H26ClNO3S/c1-3-22-18-25(30(35)24-10-6-7-11-26(24)32)31(37-22)33-29(20-12-15-21(36-2)16-13-20)28-23-9-5-4-8-19(23)14-17-27(28)34/h4-18,29,33-34H,3H2,1-2H3. The van der Waals surface area contributed by atoms with Gasteiger partial charge in [-0.15, -0.1) is 11.3 Å². The highest BCUT2D eigenvalue weighted by Crippen LogP contribution is 2.41. The van der Waals surface area contributed by atoms with Crippen molar-refractivity contribution in [3.05, 3.63) is 123 Å². The minimum Gasteiger partial charge on any atom is -0.508 e. The van der Waals surface area contributed by atoms with Crippen LogP contribution in [0.3, 0.4) is 0 Å². The second kappa shape index (κ2) is 10.7. The smallest absolute Gasteiger partial charge is 0.197 e. The molecule has 0 spiro atoms. The molecule has 0 aliphatic heterocycles. The number of nitrogens with one attached hydrogen (secondary N) is 1. The van der Waals surface area contributed by atoms with Crippen LogP contribution < -0.4 is 10.1 Å². The predicted octanol–water partition coefficient (Wildman–Crippen LogP) is 8.26. The lowest BCUT2D eigenvalue weighted by molar-refractivity contribution is 0.104. The number of ketones is 1. The fourth-order valence-corrected chi connectivity index (χ4v) is 5.76. The van der Waals surface area contributed by atoms with Crippen LogP contribution in [0.2, 0.25) is 5.02 Å². The second-order valence-corrected chi connectivity index (χ2v) is 10.2. The van der Waals surface area contributed by atoms with E-state index in [1.165, 1.54) is 0 Å². The lowest BCUT2D eigenvalue weighted by atomic mass is 9.92. The molecular weight excluding hydrogens is 502 g/mol. The summed E-state index contributed by atoms with van der Waals surface area (Å²) in [4.78, 5) is 14.7. The Kier molecular flexibility index (Phi) is 7.17. The number of halogens is 1. The number of fused-ring (bicyclic) bond motifs is 1. The largest absolute Gasteiger partial charge is 0.508 e. The van der Waals surface area contributed by atoms with Crippen LogP contribution in [0, 0.1) is 0 Å². The average Bonchev–Trinajstić information content (AvgIpc) is 3.35. The number of anilines is 1. The minimum atomic E-state index is -0.432. The molecule has 37 heavy (non-hydrogen) atoms. The lowest BCUT2D eigenvalue weighted by Gasteiger charge is -2.24. The molecule has 0 bridgehead atoms. The Hall–Kier alpha value is -3.80. The quantitative estimate of drug-likeness (QED) is 0.199. The summed E-state index contributed by atoms with van der Waals surface area (Å²) in [5, 5.41) is 17.8. The summed E-state index contributed by atoms with van der Waals surface area (Å²) in [5.74, 6) is 0.779. The highest BCUT2D eigenvalue weighted by atomic mass is 35.5. The Morgan fingerprint density at radius 1 is 0.973 bits per heavy atom. The summed E-state index contributed by atoms with van der Waals surface area (Å²) in [7, 11) is 1.63. The van der Waals surface area contributed by atoms with Gasteiger partial charge in [0.1, 0.15) is 16.5 Å². The number of benzene rings is 4. The molecule has 0 aliphatic carbocycles. The predicted molar refractivity (Wildman–Crippen MR) is 153 cm³/mol. The first-order valence-electron chi connectivity index (χ1n) is 12.0. The maximum absolute atomic E-state index is 13.7. The molecule has 186 valence electrons. The topological polar surface area (TPSA) is 58.6 Å². The molecule has 5 aromatic rings. The highest BCUT2D eigenvalue weighted by Gasteiger charge is 2.25.